The minimum atomic E-state index is -1.59. The van der Waals surface area contributed by atoms with Crippen molar-refractivity contribution in [2.45, 2.75) is 129 Å². The highest BCUT2D eigenvalue weighted by atomic mass is 35.5. The second-order valence-corrected chi connectivity index (χ2v) is 32.7. The van der Waals surface area contributed by atoms with E-state index in [2.05, 4.69) is 73.1 Å². The van der Waals surface area contributed by atoms with Crippen LogP contribution >= 0.6 is 34.8 Å². The van der Waals surface area contributed by atoms with Crippen molar-refractivity contribution in [3.63, 3.8) is 0 Å². The number of nitrogens with two attached hydrogens (primary N) is 1. The molecule has 0 saturated heterocycles. The molecule has 0 saturated carbocycles. The van der Waals surface area contributed by atoms with E-state index < -0.39 is 76.0 Å². The normalized spacial score (nSPS) is 10.7. The molecule has 12 rings (SSSR count). The maximum atomic E-state index is 14.3. The van der Waals surface area contributed by atoms with Gasteiger partial charge >= 0.3 is 23.9 Å². The molecule has 38 heteroatoms. The quantitative estimate of drug-likeness (QED) is 0.0170. The van der Waals surface area contributed by atoms with Crippen LogP contribution in [-0.2, 0) is 78.3 Å². The summed E-state index contributed by atoms with van der Waals surface area (Å²) in [6.07, 6.45) is 10.5. The fourth-order valence-corrected chi connectivity index (χ4v) is 14.0. The molecule has 0 bridgehead atoms. The van der Waals surface area contributed by atoms with Crippen LogP contribution in [0.5, 0.6) is 0 Å². The number of ketones is 3. The zero-order valence-electron chi connectivity index (χ0n) is 74.5. The average molecular weight is 1950 g/mol. The predicted molar refractivity (Wildman–Crippen MR) is 524 cm³/mol. The van der Waals surface area contributed by atoms with Crippen LogP contribution in [0, 0.1) is 17.5 Å². The number of nitrogens with zero attached hydrogens (tertiary/aromatic N) is 4. The SMILES string of the molecule is CCCC(=O)Cc1cc(Nc2cc(Cl)cc(Cl)c2)c(C(=O)Nc2ccc(CCC(=O)O)cc2)cn1.CCCC(=O)Cc1cc(Nc2ccc(F)c(Cl)c2)c(C(=O)Nc2ccc(CCC(=O)O)cc2)cn1.CCCC(=O)Cc1cc(Nc2ccc(F)cc2F)c(C(=O)Nc2ccc(CCC(=O)O)cc2)cn1.CCNC(=O)Nc1cc(Nc2ccccc2)c(C(=O)Nc2ccc(S(N)=O)cc2)cn1.O. The first-order chi connectivity index (χ1) is 65.2. The number of amides is 6. The number of carbonyl (C=O) groups is 11. The summed E-state index contributed by atoms with van der Waals surface area (Å²) in [5, 5.41) is 61.2. The number of aromatic nitrogens is 4. The molecule has 6 amide bonds. The minimum absolute atomic E-state index is 0. The molecule has 1 unspecified atom stereocenters. The first-order valence-corrected chi connectivity index (χ1v) is 45.0. The van der Waals surface area contributed by atoms with Crippen LogP contribution in [0.2, 0.25) is 15.1 Å². The number of hydrogen-bond donors (Lipinski definition) is 14. The maximum absolute atomic E-state index is 14.3. The van der Waals surface area contributed by atoms with Gasteiger partial charge in [0.05, 0.1) is 60.6 Å². The number of pyridine rings is 4. The van der Waals surface area contributed by atoms with Crippen LogP contribution in [0.15, 0.2) is 236 Å². The van der Waals surface area contributed by atoms with Gasteiger partial charge in [0.25, 0.3) is 23.6 Å². The van der Waals surface area contributed by atoms with Gasteiger partial charge in [-0.15, -0.1) is 0 Å². The van der Waals surface area contributed by atoms with E-state index in [-0.39, 0.29) is 106 Å². The third kappa shape index (κ3) is 36.0. The zero-order chi connectivity index (χ0) is 98.3. The number of urea groups is 1. The van der Waals surface area contributed by atoms with Gasteiger partial charge < -0.3 is 68.6 Å². The second-order valence-electron chi connectivity index (χ2n) is 30.3. The molecule has 4 heterocycles. The van der Waals surface area contributed by atoms with E-state index in [0.717, 1.165) is 47.4 Å². The molecular formula is C99H99Cl3F3N15O16S. The Morgan fingerprint density at radius 3 is 1.10 bits per heavy atom. The van der Waals surface area contributed by atoms with Gasteiger partial charge in [0.2, 0.25) is 0 Å². The van der Waals surface area contributed by atoms with Gasteiger partial charge in [-0.05, 0) is 202 Å². The fourth-order valence-electron chi connectivity index (χ4n) is 12.9. The van der Waals surface area contributed by atoms with Crippen molar-refractivity contribution in [2.24, 2.45) is 5.14 Å². The van der Waals surface area contributed by atoms with Gasteiger partial charge in [-0.2, -0.15) is 0 Å². The van der Waals surface area contributed by atoms with E-state index in [9.17, 15) is 70.1 Å². The third-order valence-electron chi connectivity index (χ3n) is 19.5. The number of halogens is 6. The number of aryl methyl sites for hydroxylation is 3. The number of carbonyl (C=O) groups excluding carboxylic acids is 8. The van der Waals surface area contributed by atoms with E-state index in [1.54, 1.807) is 140 Å². The summed E-state index contributed by atoms with van der Waals surface area (Å²) in [7, 11) is -1.59. The lowest BCUT2D eigenvalue weighted by molar-refractivity contribution is -0.138. The number of hydrogen-bond acceptors (Lipinski definition) is 20. The second kappa shape index (κ2) is 54.3. The highest BCUT2D eigenvalue weighted by Gasteiger charge is 2.23. The molecular weight excluding hydrogens is 1850 g/mol. The van der Waals surface area contributed by atoms with Crippen molar-refractivity contribution in [1.29, 1.82) is 0 Å². The van der Waals surface area contributed by atoms with Gasteiger partial charge in [-0.25, -0.2) is 32.3 Å². The van der Waals surface area contributed by atoms with E-state index in [1.807, 2.05) is 51.1 Å². The van der Waals surface area contributed by atoms with Crippen LogP contribution in [0.1, 0.15) is 161 Å². The number of para-hydroxylation sites is 1. The predicted octanol–water partition coefficient (Wildman–Crippen LogP) is 19.8. The number of nitrogens with one attached hydrogen (secondary N) is 10. The Kier molecular flexibility index (Phi) is 42.5. The number of rotatable bonds is 40. The van der Waals surface area contributed by atoms with Gasteiger partial charge in [0, 0.05) is 168 Å². The smallest absolute Gasteiger partial charge is 0.320 e. The summed E-state index contributed by atoms with van der Waals surface area (Å²) in [5.41, 5.74) is 10.1. The standard InChI is InChI=1S/C26H25Cl2N3O4.C26H25ClFN3O4.C26H25F2N3O4.C21H22N6O3S.H2O/c1-2-3-22(32)13-20-14-24(30-21-11-17(27)10-18(28)12-21)23(15-29-20)26(35)31-19-7-4-16(5-8-19)6-9-25(33)34;1-2-3-20(32)12-19-14-24(30-18-9-10-23(28)22(27)13-18)21(15-29-19)26(35)31-17-7-4-16(5-8-17)6-11-25(33)34;1-2-3-20(32)13-19-14-24(31-23-10-7-17(27)12-22(23)28)21(15-29-19)26(35)30-18-8-4-16(5-9-18)6-11-25(33)34;1-2-23-21(29)27-19-12-18(25-14-6-4-3-5-7-14)17(13-24-19)20(28)26-15-8-10-16(11-9-15)31(22)30;/h4-5,7-8,10-12,14-15H,2-3,6,9,13H2,1H3,(H,29,30)(H,31,35)(H,33,34);4-5,7-10,13-15H,2-3,6,11-12H2,1H3,(H,29,30)(H,31,35)(H,33,34);4-5,7-10,12,14-15H,2-3,6,11,13H2,1H3,(H,29,31)(H,30,35)(H,33,34);3-13H,2,22H2,1H3,(H,26,28)(H3,23,24,25,27,29);1H2. The molecule has 0 spiro atoms. The lowest BCUT2D eigenvalue weighted by Gasteiger charge is -2.14. The summed E-state index contributed by atoms with van der Waals surface area (Å²) in [4.78, 5) is 150. The number of benzene rings is 8. The zero-order valence-corrected chi connectivity index (χ0v) is 77.6. The Hall–Kier alpha value is -15.1. The van der Waals surface area contributed by atoms with Gasteiger partial charge in [0.15, 0.2) is 0 Å². The number of anilines is 13. The Morgan fingerprint density at radius 1 is 0.365 bits per heavy atom. The monoisotopic (exact) mass is 1950 g/mol. The van der Waals surface area contributed by atoms with E-state index in [0.29, 0.717) is 135 Å². The molecule has 1 atom stereocenters. The molecule has 8 aromatic carbocycles. The van der Waals surface area contributed by atoms with Crippen molar-refractivity contribution < 1.29 is 90.9 Å². The number of carboxylic acid groups (broad SMARTS) is 3. The van der Waals surface area contributed by atoms with E-state index >= 15 is 0 Å². The lowest BCUT2D eigenvalue weighted by atomic mass is 10.1. The Bertz CT molecular complexity index is 6280. The molecule has 0 aliphatic carbocycles. The van der Waals surface area contributed by atoms with Crippen molar-refractivity contribution >= 4 is 185 Å². The molecule has 0 radical (unpaired) electrons. The number of carboxylic acids is 3. The summed E-state index contributed by atoms with van der Waals surface area (Å²) < 4.78 is 52.5. The number of aliphatic carboxylic acids is 3. The molecule has 31 nitrogen and oxygen atoms in total. The fraction of sp³-hybridized carbons (Fsp3) is 0.202. The van der Waals surface area contributed by atoms with Crippen LogP contribution < -0.4 is 58.3 Å². The van der Waals surface area contributed by atoms with E-state index in [1.165, 1.54) is 55.1 Å². The Balaban J connectivity index is 0.000000224. The molecule has 0 fully saturated rings. The van der Waals surface area contributed by atoms with Crippen molar-refractivity contribution in [2.75, 3.05) is 54.4 Å². The molecule has 137 heavy (non-hydrogen) atoms. The minimum Gasteiger partial charge on any atom is -0.481 e. The molecule has 4 aromatic heterocycles. The molecule has 17 N–H and O–H groups in total. The number of Topliss-reactive ketones (excluding diaryl/α,β-unsaturated/α-hetero) is 3. The third-order valence-corrected chi connectivity index (χ3v) is 21.0. The average Bonchev–Trinajstić information content (AvgIpc) is 0.824. The first-order valence-electron chi connectivity index (χ1n) is 42.7. The molecule has 714 valence electrons. The van der Waals surface area contributed by atoms with Crippen LogP contribution in [0.25, 0.3) is 0 Å². The highest BCUT2D eigenvalue weighted by Crippen LogP contribution is 2.33. The molecule has 0 aliphatic rings. The topological polar surface area (TPSA) is 495 Å². The molecule has 0 aliphatic heterocycles. The lowest BCUT2D eigenvalue weighted by Crippen LogP contribution is -2.28. The van der Waals surface area contributed by atoms with Crippen molar-refractivity contribution in [3.8, 4) is 0 Å². The molecule has 12 aromatic rings. The van der Waals surface area contributed by atoms with Crippen LogP contribution in [0.3, 0.4) is 0 Å². The van der Waals surface area contributed by atoms with Gasteiger partial charge in [-0.1, -0.05) is 110 Å². The summed E-state index contributed by atoms with van der Waals surface area (Å²) >= 11 is 18.1. The van der Waals surface area contributed by atoms with Gasteiger partial charge in [0.1, 0.15) is 51.6 Å². The summed E-state index contributed by atoms with van der Waals surface area (Å²) in [5.74, 6) is -6.20. The largest absolute Gasteiger partial charge is 0.481 e. The van der Waals surface area contributed by atoms with Crippen LogP contribution in [-0.4, -0.2) is 116 Å². The van der Waals surface area contributed by atoms with Crippen LogP contribution in [0.4, 0.5) is 92.0 Å². The van der Waals surface area contributed by atoms with Gasteiger partial charge in [-0.3, -0.25) is 68.2 Å². The Labute approximate surface area is 804 Å². The summed E-state index contributed by atoms with van der Waals surface area (Å²) in [6, 6.07) is 54.3. The highest BCUT2D eigenvalue weighted by molar-refractivity contribution is 7.82. The Morgan fingerprint density at radius 2 is 0.730 bits per heavy atom. The maximum Gasteiger partial charge on any atom is 0.320 e. The van der Waals surface area contributed by atoms with Crippen molar-refractivity contribution in [1.82, 2.24) is 25.3 Å². The van der Waals surface area contributed by atoms with E-state index in [4.69, 9.17) is 55.3 Å². The van der Waals surface area contributed by atoms with Crippen molar-refractivity contribution in [3.05, 3.63) is 320 Å². The first kappa shape index (κ1) is 107. The summed E-state index contributed by atoms with van der Waals surface area (Å²) in [6.45, 7) is 8.02.